The SMILES string of the molecule is CC(C)(C)Oc1[c]c(N)ccc1. The molecule has 0 aliphatic heterocycles. The summed E-state index contributed by atoms with van der Waals surface area (Å²) in [7, 11) is 0. The number of hydrogen-bond acceptors (Lipinski definition) is 2. The third-order valence-electron chi connectivity index (χ3n) is 1.21. The molecule has 0 saturated carbocycles. The summed E-state index contributed by atoms with van der Waals surface area (Å²) >= 11 is 0. The maximum Gasteiger partial charge on any atom is 0.130 e. The van der Waals surface area contributed by atoms with Crippen LogP contribution in [0.15, 0.2) is 18.2 Å². The Hall–Kier alpha value is -1.18. The molecule has 0 aliphatic carbocycles. The van der Waals surface area contributed by atoms with Crippen LogP contribution in [0.25, 0.3) is 0 Å². The van der Waals surface area contributed by atoms with Crippen LogP contribution in [-0.2, 0) is 0 Å². The Balaban J connectivity index is 2.77. The average molecular weight is 164 g/mol. The molecule has 0 atom stereocenters. The van der Waals surface area contributed by atoms with Crippen LogP contribution in [0.5, 0.6) is 5.75 Å². The molecule has 1 aromatic rings. The molecule has 0 fully saturated rings. The van der Waals surface area contributed by atoms with E-state index in [1.165, 1.54) is 0 Å². The maximum absolute atomic E-state index is 5.55. The van der Waals surface area contributed by atoms with Crippen LogP contribution in [0.1, 0.15) is 20.8 Å². The Morgan fingerprint density at radius 3 is 2.50 bits per heavy atom. The number of rotatable bonds is 1. The van der Waals surface area contributed by atoms with Crippen LogP contribution in [0.4, 0.5) is 5.69 Å². The molecule has 0 spiro atoms. The van der Waals surface area contributed by atoms with Crippen LogP contribution >= 0.6 is 0 Å². The van der Waals surface area contributed by atoms with Gasteiger partial charge in [-0.1, -0.05) is 6.07 Å². The van der Waals surface area contributed by atoms with Gasteiger partial charge in [-0.3, -0.25) is 0 Å². The zero-order valence-corrected chi connectivity index (χ0v) is 7.72. The number of anilines is 1. The van der Waals surface area contributed by atoms with Gasteiger partial charge in [0.15, 0.2) is 0 Å². The van der Waals surface area contributed by atoms with Crippen molar-refractivity contribution in [1.29, 1.82) is 0 Å². The summed E-state index contributed by atoms with van der Waals surface area (Å²) in [5.74, 6) is 0.697. The van der Waals surface area contributed by atoms with Crippen LogP contribution in [0.2, 0.25) is 0 Å². The molecule has 0 heterocycles. The first-order chi connectivity index (χ1) is 5.47. The van der Waals surface area contributed by atoms with Crippen molar-refractivity contribution in [3.05, 3.63) is 24.3 Å². The average Bonchev–Trinajstić information content (AvgIpc) is 1.82. The van der Waals surface area contributed by atoms with Crippen LogP contribution < -0.4 is 10.5 Å². The third kappa shape index (κ3) is 2.82. The molecule has 2 heteroatoms. The first-order valence-corrected chi connectivity index (χ1v) is 3.94. The fourth-order valence-corrected chi connectivity index (χ4v) is 0.854. The standard InChI is InChI=1S/C10H14NO/c1-10(2,3)12-9-6-4-5-8(11)7-9/h4-6H,11H2,1-3H3. The molecule has 0 amide bonds. The van der Waals surface area contributed by atoms with Gasteiger partial charge in [0.25, 0.3) is 0 Å². The first kappa shape index (κ1) is 8.91. The number of hydrogen-bond donors (Lipinski definition) is 1. The van der Waals surface area contributed by atoms with E-state index >= 15 is 0 Å². The van der Waals surface area contributed by atoms with Gasteiger partial charge in [0.2, 0.25) is 0 Å². The molecule has 0 unspecified atom stereocenters. The largest absolute Gasteiger partial charge is 0.487 e. The van der Waals surface area contributed by atoms with Gasteiger partial charge in [0.1, 0.15) is 11.4 Å². The van der Waals surface area contributed by atoms with Crippen LogP contribution in [0, 0.1) is 6.07 Å². The number of ether oxygens (including phenoxy) is 1. The van der Waals surface area contributed by atoms with E-state index in [-0.39, 0.29) is 5.60 Å². The Bertz CT molecular complexity index is 263. The molecular formula is C10H14NO. The van der Waals surface area contributed by atoms with Gasteiger partial charge in [-0.15, -0.1) is 0 Å². The second-order valence-corrected chi connectivity index (χ2v) is 3.68. The fourth-order valence-electron chi connectivity index (χ4n) is 0.854. The summed E-state index contributed by atoms with van der Waals surface area (Å²) in [6.07, 6.45) is 0. The lowest BCUT2D eigenvalue weighted by molar-refractivity contribution is 0.130. The minimum Gasteiger partial charge on any atom is -0.487 e. The van der Waals surface area contributed by atoms with Crippen LogP contribution in [0.3, 0.4) is 0 Å². The van der Waals surface area contributed by atoms with Gasteiger partial charge >= 0.3 is 0 Å². The van der Waals surface area contributed by atoms with E-state index in [1.54, 1.807) is 6.07 Å². The zero-order valence-electron chi connectivity index (χ0n) is 7.72. The van der Waals surface area contributed by atoms with Crippen molar-refractivity contribution in [2.24, 2.45) is 0 Å². The summed E-state index contributed by atoms with van der Waals surface area (Å²) in [4.78, 5) is 0. The molecule has 0 aliphatic rings. The van der Waals surface area contributed by atoms with Crippen molar-refractivity contribution in [2.45, 2.75) is 26.4 Å². The molecule has 65 valence electrons. The molecule has 0 bridgehead atoms. The minimum absolute atomic E-state index is 0.190. The van der Waals surface area contributed by atoms with E-state index in [0.717, 1.165) is 0 Å². The minimum atomic E-state index is -0.190. The lowest BCUT2D eigenvalue weighted by Crippen LogP contribution is -2.22. The van der Waals surface area contributed by atoms with Crippen LogP contribution in [-0.4, -0.2) is 5.60 Å². The van der Waals surface area contributed by atoms with E-state index in [0.29, 0.717) is 11.4 Å². The Morgan fingerprint density at radius 2 is 2.00 bits per heavy atom. The second-order valence-electron chi connectivity index (χ2n) is 3.68. The predicted octanol–water partition coefficient (Wildman–Crippen LogP) is 2.25. The van der Waals surface area contributed by atoms with E-state index in [1.807, 2.05) is 32.9 Å². The van der Waals surface area contributed by atoms with Gasteiger partial charge in [-0.25, -0.2) is 0 Å². The zero-order chi connectivity index (χ0) is 9.19. The van der Waals surface area contributed by atoms with Crippen molar-refractivity contribution >= 4 is 5.69 Å². The first-order valence-electron chi connectivity index (χ1n) is 3.94. The van der Waals surface area contributed by atoms with E-state index in [2.05, 4.69) is 6.07 Å². The van der Waals surface area contributed by atoms with Gasteiger partial charge in [-0.05, 0) is 32.9 Å². The highest BCUT2D eigenvalue weighted by Crippen LogP contribution is 2.18. The lowest BCUT2D eigenvalue weighted by Gasteiger charge is -2.20. The number of nitrogen functional groups attached to an aromatic ring is 1. The van der Waals surface area contributed by atoms with E-state index in [4.69, 9.17) is 10.5 Å². The summed E-state index contributed by atoms with van der Waals surface area (Å²) in [5.41, 5.74) is 5.96. The third-order valence-corrected chi connectivity index (χ3v) is 1.21. The molecule has 0 aromatic heterocycles. The van der Waals surface area contributed by atoms with Gasteiger partial charge in [0.05, 0.1) is 6.07 Å². The van der Waals surface area contributed by atoms with Crippen molar-refractivity contribution in [2.75, 3.05) is 5.73 Å². The predicted molar refractivity (Wildman–Crippen MR) is 50.1 cm³/mol. The Kier molecular flexibility index (Phi) is 2.27. The fraction of sp³-hybridized carbons (Fsp3) is 0.400. The molecule has 12 heavy (non-hydrogen) atoms. The maximum atomic E-state index is 5.55. The van der Waals surface area contributed by atoms with Gasteiger partial charge < -0.3 is 10.5 Å². The smallest absolute Gasteiger partial charge is 0.130 e. The molecule has 0 saturated heterocycles. The molecular weight excluding hydrogens is 150 g/mol. The molecule has 1 rings (SSSR count). The van der Waals surface area contributed by atoms with E-state index in [9.17, 15) is 0 Å². The lowest BCUT2D eigenvalue weighted by atomic mass is 10.2. The van der Waals surface area contributed by atoms with Crippen molar-refractivity contribution in [3.63, 3.8) is 0 Å². The summed E-state index contributed by atoms with van der Waals surface area (Å²) in [6, 6.07) is 8.41. The molecule has 2 N–H and O–H groups in total. The van der Waals surface area contributed by atoms with Crippen molar-refractivity contribution in [1.82, 2.24) is 0 Å². The molecule has 1 aromatic carbocycles. The van der Waals surface area contributed by atoms with E-state index < -0.39 is 0 Å². The highest BCUT2D eigenvalue weighted by Gasteiger charge is 2.11. The van der Waals surface area contributed by atoms with Crippen molar-refractivity contribution in [3.8, 4) is 5.75 Å². The van der Waals surface area contributed by atoms with Crippen molar-refractivity contribution < 1.29 is 4.74 Å². The number of nitrogens with two attached hydrogens (primary N) is 1. The molecule has 1 radical (unpaired) electrons. The summed E-state index contributed by atoms with van der Waals surface area (Å²) in [5, 5.41) is 0. The summed E-state index contributed by atoms with van der Waals surface area (Å²) in [6.45, 7) is 5.97. The highest BCUT2D eigenvalue weighted by molar-refractivity contribution is 5.42. The molecule has 2 nitrogen and oxygen atoms in total. The quantitative estimate of drug-likeness (QED) is 0.646. The topological polar surface area (TPSA) is 35.2 Å². The highest BCUT2D eigenvalue weighted by atomic mass is 16.5. The monoisotopic (exact) mass is 164 g/mol. The summed E-state index contributed by atoms with van der Waals surface area (Å²) < 4.78 is 5.55. The Morgan fingerprint density at radius 1 is 1.33 bits per heavy atom. The van der Waals surface area contributed by atoms with Gasteiger partial charge in [0, 0.05) is 5.69 Å². The normalized spacial score (nSPS) is 11.2. The number of benzene rings is 1. The second kappa shape index (κ2) is 3.05. The van der Waals surface area contributed by atoms with Gasteiger partial charge in [-0.2, -0.15) is 0 Å². The Labute approximate surface area is 73.3 Å².